The standard InChI is InChI=1S/C7H13NO/c1-3-4-7(2)5-8-6(7)9/h3-5H2,1-2H3,(H,8,9)/t7-/m0/s1. The van der Waals surface area contributed by atoms with Crippen molar-refractivity contribution in [2.75, 3.05) is 6.54 Å². The zero-order chi connectivity index (χ0) is 6.91. The minimum Gasteiger partial charge on any atom is -0.355 e. The van der Waals surface area contributed by atoms with E-state index < -0.39 is 0 Å². The van der Waals surface area contributed by atoms with Gasteiger partial charge in [-0.1, -0.05) is 13.3 Å². The van der Waals surface area contributed by atoms with E-state index >= 15 is 0 Å². The largest absolute Gasteiger partial charge is 0.355 e. The number of amides is 1. The Kier molecular flexibility index (Phi) is 1.47. The molecule has 1 aliphatic rings. The van der Waals surface area contributed by atoms with Crippen molar-refractivity contribution in [3.63, 3.8) is 0 Å². The molecule has 0 bridgehead atoms. The molecular weight excluding hydrogens is 114 g/mol. The Morgan fingerprint density at radius 3 is 2.56 bits per heavy atom. The predicted molar refractivity (Wildman–Crippen MR) is 36.0 cm³/mol. The zero-order valence-corrected chi connectivity index (χ0v) is 6.03. The second-order valence-corrected chi connectivity index (χ2v) is 2.99. The van der Waals surface area contributed by atoms with E-state index in [1.807, 2.05) is 6.92 Å². The Morgan fingerprint density at radius 2 is 2.44 bits per heavy atom. The van der Waals surface area contributed by atoms with Crippen molar-refractivity contribution < 1.29 is 4.79 Å². The lowest BCUT2D eigenvalue weighted by Crippen LogP contribution is -2.57. The van der Waals surface area contributed by atoms with Crippen LogP contribution in [0.2, 0.25) is 0 Å². The predicted octanol–water partition coefficient (Wildman–Crippen LogP) is 0.923. The van der Waals surface area contributed by atoms with Gasteiger partial charge in [-0.2, -0.15) is 0 Å². The van der Waals surface area contributed by atoms with Crippen molar-refractivity contribution in [2.24, 2.45) is 5.41 Å². The molecule has 0 aromatic heterocycles. The molecule has 2 nitrogen and oxygen atoms in total. The normalized spacial score (nSPS) is 33.3. The molecule has 52 valence electrons. The summed E-state index contributed by atoms with van der Waals surface area (Å²) in [7, 11) is 0. The molecule has 1 saturated heterocycles. The van der Waals surface area contributed by atoms with Crippen LogP contribution < -0.4 is 5.32 Å². The quantitative estimate of drug-likeness (QED) is 0.549. The molecule has 1 atom stereocenters. The van der Waals surface area contributed by atoms with Gasteiger partial charge in [-0.25, -0.2) is 0 Å². The van der Waals surface area contributed by atoms with Gasteiger partial charge in [0.25, 0.3) is 0 Å². The van der Waals surface area contributed by atoms with E-state index in [2.05, 4.69) is 12.2 Å². The summed E-state index contributed by atoms with van der Waals surface area (Å²) in [5, 5.41) is 2.74. The maximum Gasteiger partial charge on any atom is 0.227 e. The second-order valence-electron chi connectivity index (χ2n) is 2.99. The number of hydrogen-bond donors (Lipinski definition) is 1. The highest BCUT2D eigenvalue weighted by Crippen LogP contribution is 2.28. The molecule has 0 radical (unpaired) electrons. The van der Waals surface area contributed by atoms with Crippen LogP contribution >= 0.6 is 0 Å². The first kappa shape index (κ1) is 6.59. The molecule has 9 heavy (non-hydrogen) atoms. The van der Waals surface area contributed by atoms with Crippen LogP contribution in [0.3, 0.4) is 0 Å². The summed E-state index contributed by atoms with van der Waals surface area (Å²) in [6.45, 7) is 5.01. The van der Waals surface area contributed by atoms with Crippen molar-refractivity contribution in [1.29, 1.82) is 0 Å². The molecular formula is C7H13NO. The van der Waals surface area contributed by atoms with Crippen LogP contribution in [0.15, 0.2) is 0 Å². The Labute approximate surface area is 55.6 Å². The van der Waals surface area contributed by atoms with Crippen LogP contribution in [0, 0.1) is 5.41 Å². The van der Waals surface area contributed by atoms with Crippen LogP contribution in [0.4, 0.5) is 0 Å². The molecule has 2 heteroatoms. The lowest BCUT2D eigenvalue weighted by molar-refractivity contribution is -0.139. The van der Waals surface area contributed by atoms with Crippen molar-refractivity contribution >= 4 is 5.91 Å². The fourth-order valence-corrected chi connectivity index (χ4v) is 1.22. The van der Waals surface area contributed by atoms with Gasteiger partial charge in [0, 0.05) is 6.54 Å². The van der Waals surface area contributed by atoms with Crippen molar-refractivity contribution in [2.45, 2.75) is 26.7 Å². The third-order valence-corrected chi connectivity index (χ3v) is 1.99. The number of carbonyl (C=O) groups is 1. The van der Waals surface area contributed by atoms with Crippen molar-refractivity contribution in [3.05, 3.63) is 0 Å². The zero-order valence-electron chi connectivity index (χ0n) is 6.03. The number of rotatable bonds is 2. The average molecular weight is 127 g/mol. The van der Waals surface area contributed by atoms with Gasteiger partial charge in [-0.3, -0.25) is 4.79 Å². The van der Waals surface area contributed by atoms with E-state index in [1.54, 1.807) is 0 Å². The van der Waals surface area contributed by atoms with Crippen LogP contribution in [0.1, 0.15) is 26.7 Å². The van der Waals surface area contributed by atoms with Crippen LogP contribution in [0.5, 0.6) is 0 Å². The van der Waals surface area contributed by atoms with Gasteiger partial charge < -0.3 is 5.32 Å². The molecule has 1 rings (SSSR count). The first-order chi connectivity index (χ1) is 4.19. The van der Waals surface area contributed by atoms with Gasteiger partial charge in [0.15, 0.2) is 0 Å². The Morgan fingerprint density at radius 1 is 1.78 bits per heavy atom. The summed E-state index contributed by atoms with van der Waals surface area (Å²) >= 11 is 0. The molecule has 1 fully saturated rings. The average Bonchev–Trinajstić information content (AvgIpc) is 1.86. The molecule has 0 aromatic rings. The Balaban J connectivity index is 2.43. The highest BCUT2D eigenvalue weighted by molar-refractivity contribution is 5.88. The maximum atomic E-state index is 10.8. The molecule has 0 aliphatic carbocycles. The molecule has 1 aliphatic heterocycles. The fraction of sp³-hybridized carbons (Fsp3) is 0.857. The van der Waals surface area contributed by atoms with E-state index in [4.69, 9.17) is 0 Å². The topological polar surface area (TPSA) is 29.1 Å². The van der Waals surface area contributed by atoms with Gasteiger partial charge in [0.1, 0.15) is 0 Å². The van der Waals surface area contributed by atoms with E-state index in [9.17, 15) is 4.79 Å². The fourth-order valence-electron chi connectivity index (χ4n) is 1.22. The lowest BCUT2D eigenvalue weighted by Gasteiger charge is -2.37. The maximum absolute atomic E-state index is 10.8. The first-order valence-corrected chi connectivity index (χ1v) is 3.47. The number of hydrogen-bond acceptors (Lipinski definition) is 1. The van der Waals surface area contributed by atoms with E-state index in [0.29, 0.717) is 0 Å². The van der Waals surface area contributed by atoms with Crippen molar-refractivity contribution in [1.82, 2.24) is 5.32 Å². The summed E-state index contributed by atoms with van der Waals surface area (Å²) in [6, 6.07) is 0. The molecule has 0 aromatic carbocycles. The monoisotopic (exact) mass is 127 g/mol. The summed E-state index contributed by atoms with van der Waals surface area (Å²) in [6.07, 6.45) is 2.13. The third-order valence-electron chi connectivity index (χ3n) is 1.99. The van der Waals surface area contributed by atoms with E-state index in [-0.39, 0.29) is 11.3 Å². The summed E-state index contributed by atoms with van der Waals surface area (Å²) in [5.74, 6) is 0.226. The Hall–Kier alpha value is -0.530. The first-order valence-electron chi connectivity index (χ1n) is 3.47. The SMILES string of the molecule is CCC[C@@]1(C)CNC1=O. The molecule has 1 heterocycles. The summed E-state index contributed by atoms with van der Waals surface area (Å²) in [5.41, 5.74) is -0.0191. The Bertz CT molecular complexity index is 133. The van der Waals surface area contributed by atoms with Gasteiger partial charge in [0.2, 0.25) is 5.91 Å². The summed E-state index contributed by atoms with van der Waals surface area (Å²) < 4.78 is 0. The summed E-state index contributed by atoms with van der Waals surface area (Å²) in [4.78, 5) is 10.8. The van der Waals surface area contributed by atoms with Crippen LogP contribution in [-0.4, -0.2) is 12.5 Å². The third kappa shape index (κ3) is 0.934. The minimum absolute atomic E-state index is 0.0191. The van der Waals surface area contributed by atoms with Gasteiger partial charge in [-0.05, 0) is 13.3 Å². The van der Waals surface area contributed by atoms with E-state index in [1.165, 1.54) is 0 Å². The molecule has 0 saturated carbocycles. The number of carbonyl (C=O) groups excluding carboxylic acids is 1. The van der Waals surface area contributed by atoms with Gasteiger partial charge in [-0.15, -0.1) is 0 Å². The molecule has 1 N–H and O–H groups in total. The lowest BCUT2D eigenvalue weighted by atomic mass is 9.79. The molecule has 0 unspecified atom stereocenters. The van der Waals surface area contributed by atoms with Crippen molar-refractivity contribution in [3.8, 4) is 0 Å². The number of nitrogens with one attached hydrogen (secondary N) is 1. The number of β-lactam (4-membered cyclic amide) rings is 1. The van der Waals surface area contributed by atoms with Gasteiger partial charge in [0.05, 0.1) is 5.41 Å². The van der Waals surface area contributed by atoms with Gasteiger partial charge >= 0.3 is 0 Å². The van der Waals surface area contributed by atoms with Crippen LogP contribution in [0.25, 0.3) is 0 Å². The second kappa shape index (κ2) is 2.01. The van der Waals surface area contributed by atoms with Crippen LogP contribution in [-0.2, 0) is 4.79 Å². The highest BCUT2D eigenvalue weighted by Gasteiger charge is 2.40. The smallest absolute Gasteiger partial charge is 0.227 e. The molecule has 1 amide bonds. The van der Waals surface area contributed by atoms with E-state index in [0.717, 1.165) is 19.4 Å². The molecule has 0 spiro atoms. The minimum atomic E-state index is -0.0191. The highest BCUT2D eigenvalue weighted by atomic mass is 16.2.